The number of aliphatic imine (C=N–C) groups is 2. The van der Waals surface area contributed by atoms with Crippen LogP contribution in [0.1, 0.15) is 89.4 Å². The number of anilines is 3. The van der Waals surface area contributed by atoms with Gasteiger partial charge in [0.25, 0.3) is 11.8 Å². The number of rotatable bonds is 18. The molecule has 0 aliphatic carbocycles. The molecule has 0 fully saturated rings. The number of unbranched alkanes of at least 4 members (excludes halogenated alkanes) is 1. The van der Waals surface area contributed by atoms with Crippen molar-refractivity contribution in [3.63, 3.8) is 0 Å². The number of hydrogen-bond donors (Lipinski definition) is 3. The summed E-state index contributed by atoms with van der Waals surface area (Å²) in [5.41, 5.74) is 7.01. The molecule has 9 rings (SSSR count). The zero-order chi connectivity index (χ0) is 50.6. The van der Waals surface area contributed by atoms with Crippen molar-refractivity contribution < 1.29 is 47.7 Å². The molecule has 5 aromatic carbocycles. The molecule has 5 aromatic rings. The number of Topliss-reactive ketones (excluding diaryl/α,β-unsaturated/α-hetero) is 1. The largest absolute Gasteiger partial charge is 0.493 e. The molecule has 0 saturated carbocycles. The lowest BCUT2D eigenvalue weighted by atomic mass is 10.1. The third-order valence-electron chi connectivity index (χ3n) is 13.1. The molecule has 3 N–H and O–H groups in total. The molecule has 0 radical (unpaired) electrons. The zero-order valence-electron chi connectivity index (χ0n) is 40.7. The Morgan fingerprint density at radius 3 is 1.61 bits per heavy atom. The van der Waals surface area contributed by atoms with E-state index < -0.39 is 23.9 Å². The van der Waals surface area contributed by atoms with Gasteiger partial charge in [0.05, 0.1) is 48.8 Å². The molecule has 0 spiro atoms. The molecular formula is C55H55N7O10. The lowest BCUT2D eigenvalue weighted by Crippen LogP contribution is -2.50. The van der Waals surface area contributed by atoms with Crippen LogP contribution < -0.4 is 44.7 Å². The summed E-state index contributed by atoms with van der Waals surface area (Å²) in [6.07, 6.45) is 6.49. The van der Waals surface area contributed by atoms with E-state index in [9.17, 15) is 28.8 Å². The van der Waals surface area contributed by atoms with Crippen molar-refractivity contribution >= 4 is 76.2 Å². The maximum atomic E-state index is 14.1. The number of carbonyl (C=O) groups excluding carboxylic acids is 6. The van der Waals surface area contributed by atoms with E-state index >= 15 is 0 Å². The lowest BCUT2D eigenvalue weighted by molar-refractivity contribution is -0.130. The maximum absolute atomic E-state index is 14.1. The third-order valence-corrected chi connectivity index (χ3v) is 13.1. The van der Waals surface area contributed by atoms with Crippen molar-refractivity contribution in [2.24, 2.45) is 9.98 Å². The predicted octanol–water partition coefficient (Wildman–Crippen LogP) is 7.53. The fourth-order valence-corrected chi connectivity index (χ4v) is 9.39. The molecule has 17 nitrogen and oxygen atoms in total. The van der Waals surface area contributed by atoms with E-state index in [2.05, 4.69) is 16.0 Å². The van der Waals surface area contributed by atoms with Crippen molar-refractivity contribution in [3.05, 3.63) is 124 Å². The Hall–Kier alpha value is -8.34. The van der Waals surface area contributed by atoms with Gasteiger partial charge in [-0.2, -0.15) is 0 Å². The molecule has 370 valence electrons. The van der Waals surface area contributed by atoms with E-state index in [4.69, 9.17) is 28.9 Å². The number of benzene rings is 5. The van der Waals surface area contributed by atoms with Gasteiger partial charge in [-0.15, -0.1) is 0 Å². The quantitative estimate of drug-likeness (QED) is 0.0736. The van der Waals surface area contributed by atoms with Crippen LogP contribution in [0.4, 0.5) is 28.4 Å². The first kappa shape index (κ1) is 48.7. The van der Waals surface area contributed by atoms with Crippen LogP contribution in [0.5, 0.6) is 23.0 Å². The van der Waals surface area contributed by atoms with Crippen LogP contribution in [-0.2, 0) is 45.2 Å². The fourth-order valence-electron chi connectivity index (χ4n) is 9.39. The van der Waals surface area contributed by atoms with Crippen LogP contribution in [0.15, 0.2) is 101 Å². The molecule has 0 saturated heterocycles. The second-order valence-electron chi connectivity index (χ2n) is 18.3. The number of nitrogens with zero attached hydrogens (tertiary/aromatic N) is 4. The predicted molar refractivity (Wildman–Crippen MR) is 272 cm³/mol. The van der Waals surface area contributed by atoms with Crippen LogP contribution in [0.25, 0.3) is 0 Å². The number of hydrogen-bond acceptors (Lipinski definition) is 12. The van der Waals surface area contributed by atoms with Crippen molar-refractivity contribution in [1.82, 2.24) is 10.6 Å². The summed E-state index contributed by atoms with van der Waals surface area (Å²) >= 11 is 0. The number of fused-ring (bicyclic) bond motifs is 8. The number of amides is 5. The van der Waals surface area contributed by atoms with Crippen LogP contribution in [0, 0.1) is 0 Å². The molecule has 0 aromatic heterocycles. The summed E-state index contributed by atoms with van der Waals surface area (Å²) in [5, 5.41) is 8.22. The van der Waals surface area contributed by atoms with Gasteiger partial charge < -0.3 is 39.7 Å². The highest BCUT2D eigenvalue weighted by Crippen LogP contribution is 2.43. The Bertz CT molecular complexity index is 2900. The normalized spacial score (nSPS) is 16.6. The van der Waals surface area contributed by atoms with Gasteiger partial charge in [0.1, 0.15) is 31.1 Å². The molecule has 0 bridgehead atoms. The van der Waals surface area contributed by atoms with Gasteiger partial charge >= 0.3 is 0 Å². The number of ether oxygens (including phenoxy) is 4. The Kier molecular flexibility index (Phi) is 14.2. The molecule has 5 amide bonds. The Balaban J connectivity index is 0.942. The van der Waals surface area contributed by atoms with Crippen LogP contribution >= 0.6 is 0 Å². The van der Waals surface area contributed by atoms with E-state index in [0.717, 1.165) is 22.5 Å². The number of ketones is 1. The van der Waals surface area contributed by atoms with E-state index in [0.29, 0.717) is 94.4 Å². The summed E-state index contributed by atoms with van der Waals surface area (Å²) in [5.74, 6) is -0.471. The third kappa shape index (κ3) is 10.3. The average Bonchev–Trinajstić information content (AvgIpc) is 3.86. The van der Waals surface area contributed by atoms with Crippen molar-refractivity contribution in [2.75, 3.05) is 29.3 Å². The lowest BCUT2D eigenvalue weighted by Gasteiger charge is -2.22. The van der Waals surface area contributed by atoms with Gasteiger partial charge in [-0.3, -0.25) is 43.8 Å². The van der Waals surface area contributed by atoms with Crippen LogP contribution in [0.2, 0.25) is 0 Å². The molecule has 4 atom stereocenters. The summed E-state index contributed by atoms with van der Waals surface area (Å²) < 4.78 is 24.3. The van der Waals surface area contributed by atoms with Gasteiger partial charge in [-0.1, -0.05) is 36.4 Å². The zero-order valence-corrected chi connectivity index (χ0v) is 40.7. The molecule has 4 aliphatic heterocycles. The van der Waals surface area contributed by atoms with Gasteiger partial charge in [-0.25, -0.2) is 0 Å². The van der Waals surface area contributed by atoms with Crippen LogP contribution in [0.3, 0.4) is 0 Å². The summed E-state index contributed by atoms with van der Waals surface area (Å²) in [4.78, 5) is 91.7. The average molecular weight is 974 g/mol. The van der Waals surface area contributed by atoms with E-state index in [-0.39, 0.29) is 55.2 Å². The Morgan fingerprint density at radius 1 is 0.625 bits per heavy atom. The monoisotopic (exact) mass is 973 g/mol. The maximum Gasteiger partial charge on any atom is 0.261 e. The highest BCUT2D eigenvalue weighted by Gasteiger charge is 2.38. The molecule has 4 heterocycles. The van der Waals surface area contributed by atoms with Gasteiger partial charge in [0.15, 0.2) is 23.0 Å². The first-order chi connectivity index (χ1) is 34.8. The smallest absolute Gasteiger partial charge is 0.261 e. The van der Waals surface area contributed by atoms with E-state index in [1.54, 1.807) is 58.6 Å². The standard InChI is InChI=1S/C55H55N7O10/c1-31(63)12-6-11-17-51(64)58-32(2)52(65)59-33(3)53(66)60-38-19-34(29-71-49-25-43-41(23-47(49)69-4)54(67)61-39(27-56-43)21-36-13-7-9-15-45(36)61)18-35(20-38)30-72-50-26-44-42(24-48(50)70-5)55(68)62-40(28-57-44)22-37-14-8-10-16-46(37)62/h7-10,13-16,18-20,23-28,32-33,39-40H,6,11-12,17,21-22,29-30H2,1-5H3,(H,58,64)(H,59,65)(H,60,66)/t32-,33+,39+,40+/m1/s1. The number of nitrogens with one attached hydrogen (secondary N) is 3. The van der Waals surface area contributed by atoms with Gasteiger partial charge in [0.2, 0.25) is 17.7 Å². The second kappa shape index (κ2) is 20.9. The second-order valence-corrected chi connectivity index (χ2v) is 18.3. The minimum atomic E-state index is -1.01. The molecule has 17 heteroatoms. The summed E-state index contributed by atoms with van der Waals surface area (Å²) in [6, 6.07) is 25.1. The number of carbonyl (C=O) groups is 6. The van der Waals surface area contributed by atoms with Gasteiger partial charge in [0, 0.05) is 67.3 Å². The van der Waals surface area contributed by atoms with E-state index in [1.807, 2.05) is 54.6 Å². The molecular weight excluding hydrogens is 919 g/mol. The van der Waals surface area contributed by atoms with Crippen molar-refractivity contribution in [3.8, 4) is 23.0 Å². The topological polar surface area (TPSA) is 207 Å². The number of methoxy groups -OCH3 is 2. The summed E-state index contributed by atoms with van der Waals surface area (Å²) in [6.45, 7) is 4.51. The SMILES string of the molecule is COc1cc2c(cc1OCc1cc(COc3cc4c(cc3OC)C(=O)N3c5ccccc5C[C@H]3C=N4)cc(NC(=O)[C@H](C)NC(=O)[C@@H](C)NC(=O)CCCCC(C)=O)c1)N=C[C@@H]1Cc3ccccc3N1C2=O. The van der Waals surface area contributed by atoms with Gasteiger partial charge in [-0.05, 0) is 98.3 Å². The molecule has 4 aliphatic rings. The molecule has 0 unspecified atom stereocenters. The highest BCUT2D eigenvalue weighted by molar-refractivity contribution is 6.16. The van der Waals surface area contributed by atoms with E-state index in [1.165, 1.54) is 35.0 Å². The number of para-hydroxylation sites is 2. The first-order valence-corrected chi connectivity index (χ1v) is 23.9. The van der Waals surface area contributed by atoms with Crippen LogP contribution in [-0.4, -0.2) is 86.1 Å². The Morgan fingerprint density at radius 2 is 1.11 bits per heavy atom. The minimum absolute atomic E-state index is 0.0241. The minimum Gasteiger partial charge on any atom is -0.493 e. The highest BCUT2D eigenvalue weighted by atomic mass is 16.5. The summed E-state index contributed by atoms with van der Waals surface area (Å²) in [7, 11) is 2.98. The first-order valence-electron chi connectivity index (χ1n) is 23.9. The fraction of sp³-hybridized carbons (Fsp3) is 0.309. The Labute approximate surface area is 416 Å². The van der Waals surface area contributed by atoms with Crippen molar-refractivity contribution in [2.45, 2.75) is 96.7 Å². The molecule has 72 heavy (non-hydrogen) atoms. The van der Waals surface area contributed by atoms with Crippen molar-refractivity contribution in [1.29, 1.82) is 0 Å².